The number of aryl methyl sites for hydroxylation is 1. The van der Waals surface area contributed by atoms with E-state index in [0.717, 1.165) is 28.0 Å². The smallest absolute Gasteiger partial charge is 0.229 e. The fourth-order valence-corrected chi connectivity index (χ4v) is 3.88. The van der Waals surface area contributed by atoms with Crippen molar-refractivity contribution in [3.05, 3.63) is 64.5 Å². The first-order valence-electron chi connectivity index (χ1n) is 9.11. The molecule has 0 aliphatic carbocycles. The molecule has 7 nitrogen and oxygen atoms in total. The molecule has 5 rings (SSSR count). The van der Waals surface area contributed by atoms with Crippen LogP contribution in [0.25, 0.3) is 11.0 Å². The molecule has 0 fully saturated rings. The summed E-state index contributed by atoms with van der Waals surface area (Å²) in [5, 5.41) is 7.05. The molecule has 1 aliphatic rings. The Bertz CT molecular complexity index is 1320. The maximum Gasteiger partial charge on any atom is 0.229 e. The Labute approximate surface area is 181 Å². The number of rotatable bonds is 4. The van der Waals surface area contributed by atoms with Gasteiger partial charge in [0.2, 0.25) is 5.91 Å². The Morgan fingerprint density at radius 3 is 2.83 bits per heavy atom. The molecule has 2 N–H and O–H groups in total. The van der Waals surface area contributed by atoms with Gasteiger partial charge in [-0.2, -0.15) is 0 Å². The van der Waals surface area contributed by atoms with Gasteiger partial charge < -0.3 is 19.9 Å². The number of aromatic nitrogens is 3. The first-order valence-corrected chi connectivity index (χ1v) is 9.87. The van der Waals surface area contributed by atoms with Crippen molar-refractivity contribution in [3.63, 3.8) is 0 Å². The molecule has 150 valence electrons. The second kappa shape index (κ2) is 7.19. The molecular weight excluding hydrogens is 425 g/mol. The van der Waals surface area contributed by atoms with E-state index in [0.29, 0.717) is 27.5 Å². The second-order valence-corrected chi connectivity index (χ2v) is 7.66. The lowest BCUT2D eigenvalue weighted by Crippen LogP contribution is -2.03. The maximum atomic E-state index is 11.7. The Morgan fingerprint density at radius 2 is 2.00 bits per heavy atom. The van der Waals surface area contributed by atoms with Crippen molar-refractivity contribution in [1.82, 2.24) is 14.5 Å². The molecule has 4 aromatic rings. The summed E-state index contributed by atoms with van der Waals surface area (Å²) in [4.78, 5) is 20.3. The van der Waals surface area contributed by atoms with E-state index in [-0.39, 0.29) is 12.3 Å². The quantitative estimate of drug-likeness (QED) is 0.450. The van der Waals surface area contributed by atoms with Crippen molar-refractivity contribution >= 4 is 57.3 Å². The average molecular weight is 440 g/mol. The van der Waals surface area contributed by atoms with E-state index in [9.17, 15) is 4.79 Å². The fourth-order valence-electron chi connectivity index (χ4n) is 3.47. The summed E-state index contributed by atoms with van der Waals surface area (Å²) < 4.78 is 7.81. The Hall–Kier alpha value is -3.29. The monoisotopic (exact) mass is 439 g/mol. The van der Waals surface area contributed by atoms with Crippen molar-refractivity contribution in [2.45, 2.75) is 6.42 Å². The van der Waals surface area contributed by atoms with Crippen LogP contribution >= 0.6 is 23.2 Å². The summed E-state index contributed by atoms with van der Waals surface area (Å²) in [6.45, 7) is 0. The molecule has 0 unspecified atom stereocenters. The fraction of sp³-hybridized carbons (Fsp3) is 0.0952. The molecule has 2 aromatic carbocycles. The number of carbonyl (C=O) groups excluding carboxylic acids is 1. The van der Waals surface area contributed by atoms with Crippen LogP contribution in [0.1, 0.15) is 5.56 Å². The number of nitrogens with one attached hydrogen (secondary N) is 2. The van der Waals surface area contributed by atoms with Gasteiger partial charge in [0.05, 0.1) is 17.0 Å². The Kier molecular flexibility index (Phi) is 4.49. The van der Waals surface area contributed by atoms with Gasteiger partial charge in [0, 0.05) is 30.1 Å². The minimum absolute atomic E-state index is 0.0522. The van der Waals surface area contributed by atoms with Crippen molar-refractivity contribution in [3.8, 4) is 11.5 Å². The lowest BCUT2D eigenvalue weighted by molar-refractivity contribution is -0.115. The second-order valence-electron chi connectivity index (χ2n) is 6.86. The molecule has 0 radical (unpaired) electrons. The van der Waals surface area contributed by atoms with Crippen LogP contribution in [-0.2, 0) is 18.3 Å². The van der Waals surface area contributed by atoms with Crippen LogP contribution in [-0.4, -0.2) is 20.4 Å². The van der Waals surface area contributed by atoms with E-state index in [1.54, 1.807) is 18.2 Å². The summed E-state index contributed by atoms with van der Waals surface area (Å²) in [6, 6.07) is 12.6. The average Bonchev–Trinajstić information content (AvgIpc) is 3.24. The summed E-state index contributed by atoms with van der Waals surface area (Å²) in [7, 11) is 1.85. The Morgan fingerprint density at radius 1 is 1.13 bits per heavy atom. The summed E-state index contributed by atoms with van der Waals surface area (Å²) in [5.74, 6) is 1.65. The van der Waals surface area contributed by atoms with Crippen molar-refractivity contribution in [2.75, 3.05) is 10.6 Å². The molecule has 1 amide bonds. The number of anilines is 3. The number of benzene rings is 2. The molecular formula is C21H15Cl2N5O2. The zero-order chi connectivity index (χ0) is 20.8. The Balaban J connectivity index is 1.43. The van der Waals surface area contributed by atoms with Crippen molar-refractivity contribution in [2.24, 2.45) is 7.05 Å². The molecule has 0 atom stereocenters. The van der Waals surface area contributed by atoms with Crippen LogP contribution < -0.4 is 15.4 Å². The number of nitrogens with zero attached hydrogens (tertiary/aromatic N) is 3. The lowest BCUT2D eigenvalue weighted by atomic mass is 10.1. The predicted octanol–water partition coefficient (Wildman–Crippen LogP) is 5.31. The molecule has 0 saturated carbocycles. The summed E-state index contributed by atoms with van der Waals surface area (Å²) in [5.41, 5.74) is 3.86. The highest BCUT2D eigenvalue weighted by Gasteiger charge is 2.22. The van der Waals surface area contributed by atoms with E-state index in [4.69, 9.17) is 27.9 Å². The molecule has 1 aliphatic heterocycles. The van der Waals surface area contributed by atoms with Crippen LogP contribution in [0.15, 0.2) is 48.8 Å². The van der Waals surface area contributed by atoms with E-state index < -0.39 is 0 Å². The highest BCUT2D eigenvalue weighted by atomic mass is 35.5. The third-order valence-corrected chi connectivity index (χ3v) is 5.58. The normalized spacial score (nSPS) is 12.7. The molecule has 0 saturated heterocycles. The van der Waals surface area contributed by atoms with E-state index in [1.165, 1.54) is 6.33 Å². The number of carbonyl (C=O) groups is 1. The molecule has 3 heterocycles. The van der Waals surface area contributed by atoms with Gasteiger partial charge in [0.15, 0.2) is 5.82 Å². The lowest BCUT2D eigenvalue weighted by Gasteiger charge is -2.13. The van der Waals surface area contributed by atoms with Gasteiger partial charge in [0.25, 0.3) is 0 Å². The molecule has 0 bridgehead atoms. The molecule has 9 heteroatoms. The molecule has 2 aromatic heterocycles. The maximum absolute atomic E-state index is 11.7. The van der Waals surface area contributed by atoms with Gasteiger partial charge in [-0.3, -0.25) is 4.79 Å². The first kappa shape index (κ1) is 18.7. The van der Waals surface area contributed by atoms with Crippen LogP contribution in [0.3, 0.4) is 0 Å². The van der Waals surface area contributed by atoms with Crippen molar-refractivity contribution in [1.29, 1.82) is 0 Å². The van der Waals surface area contributed by atoms with Crippen molar-refractivity contribution < 1.29 is 9.53 Å². The SMILES string of the molecule is Cn1c(Cl)cc2ncnc(Nc3ccc(Oc4cccc5c4CC(=O)N5)c(Cl)c3)c21. The highest BCUT2D eigenvalue weighted by Crippen LogP contribution is 2.38. The zero-order valence-electron chi connectivity index (χ0n) is 15.7. The third kappa shape index (κ3) is 3.22. The predicted molar refractivity (Wildman–Crippen MR) is 117 cm³/mol. The first-order chi connectivity index (χ1) is 14.5. The van der Waals surface area contributed by atoms with E-state index in [2.05, 4.69) is 20.6 Å². The van der Waals surface area contributed by atoms with E-state index >= 15 is 0 Å². The van der Waals surface area contributed by atoms with Gasteiger partial charge in [0.1, 0.15) is 28.5 Å². The minimum Gasteiger partial charge on any atom is -0.455 e. The number of fused-ring (bicyclic) bond motifs is 2. The van der Waals surface area contributed by atoms with E-state index in [1.807, 2.05) is 35.9 Å². The van der Waals surface area contributed by atoms with Gasteiger partial charge in [-0.25, -0.2) is 9.97 Å². The third-order valence-electron chi connectivity index (χ3n) is 4.92. The molecule has 0 spiro atoms. The number of hydrogen-bond donors (Lipinski definition) is 2. The highest BCUT2D eigenvalue weighted by molar-refractivity contribution is 6.32. The van der Waals surface area contributed by atoms with Gasteiger partial charge >= 0.3 is 0 Å². The van der Waals surface area contributed by atoms with Gasteiger partial charge in [-0.05, 0) is 30.3 Å². The zero-order valence-corrected chi connectivity index (χ0v) is 17.3. The molecule has 30 heavy (non-hydrogen) atoms. The largest absolute Gasteiger partial charge is 0.455 e. The van der Waals surface area contributed by atoms with Crippen LogP contribution in [0.5, 0.6) is 11.5 Å². The standard InChI is InChI=1S/C21H15Cl2N5O2/c1-28-18(23)9-15-20(28)21(25-10-24-15)26-11-5-6-17(13(22)7-11)30-16-4-2-3-14-12(16)8-19(29)27-14/h2-7,9-10H,8H2,1H3,(H,27,29)(H,24,25,26). The minimum atomic E-state index is -0.0522. The van der Waals surface area contributed by atoms with Crippen LogP contribution in [0, 0.1) is 0 Å². The number of hydrogen-bond acceptors (Lipinski definition) is 5. The van der Waals surface area contributed by atoms with Crippen LogP contribution in [0.4, 0.5) is 17.2 Å². The van der Waals surface area contributed by atoms with Gasteiger partial charge in [-0.1, -0.05) is 29.3 Å². The van der Waals surface area contributed by atoms with Gasteiger partial charge in [-0.15, -0.1) is 0 Å². The number of ether oxygens (including phenoxy) is 1. The van der Waals surface area contributed by atoms with Crippen LogP contribution in [0.2, 0.25) is 10.2 Å². The number of halogens is 2. The topological polar surface area (TPSA) is 81.1 Å². The summed E-state index contributed by atoms with van der Waals surface area (Å²) >= 11 is 12.7. The summed E-state index contributed by atoms with van der Waals surface area (Å²) in [6.07, 6.45) is 1.76. The number of amides is 1.